The summed E-state index contributed by atoms with van der Waals surface area (Å²) in [5, 5.41) is 5.87. The normalized spacial score (nSPS) is 11.3. The number of hydrogen-bond donors (Lipinski definition) is 1. The van der Waals surface area contributed by atoms with Gasteiger partial charge >= 0.3 is 0 Å². The maximum absolute atomic E-state index is 12.2. The van der Waals surface area contributed by atoms with E-state index in [1.54, 1.807) is 17.4 Å². The minimum absolute atomic E-state index is 0.183. The van der Waals surface area contributed by atoms with Crippen molar-refractivity contribution in [3.05, 3.63) is 86.7 Å². The molecule has 0 atom stereocenters. The van der Waals surface area contributed by atoms with Crippen molar-refractivity contribution >= 4 is 44.9 Å². The Morgan fingerprint density at radius 3 is 2.97 bits per heavy atom. The molecule has 1 N–H and O–H groups in total. The van der Waals surface area contributed by atoms with E-state index in [0.717, 1.165) is 37.8 Å². The monoisotopic (exact) mass is 482 g/mol. The van der Waals surface area contributed by atoms with Crippen molar-refractivity contribution < 1.29 is 9.53 Å². The number of carbonyl (C=O) groups is 1. The van der Waals surface area contributed by atoms with E-state index in [9.17, 15) is 4.79 Å². The summed E-state index contributed by atoms with van der Waals surface area (Å²) in [6.45, 7) is 2.75. The molecule has 0 saturated carbocycles. The smallest absolute Gasteiger partial charge is 0.244 e. The van der Waals surface area contributed by atoms with Gasteiger partial charge in [0.2, 0.25) is 5.91 Å². The molecule has 0 bridgehead atoms. The lowest BCUT2D eigenvalue weighted by Crippen LogP contribution is -2.20. The van der Waals surface area contributed by atoms with E-state index in [-0.39, 0.29) is 5.91 Å². The average Bonchev–Trinajstić information content (AvgIpc) is 3.34. The van der Waals surface area contributed by atoms with Gasteiger partial charge in [0.05, 0.1) is 22.9 Å². The Kier molecular flexibility index (Phi) is 6.25. The van der Waals surface area contributed by atoms with Gasteiger partial charge in [-0.1, -0.05) is 12.1 Å². The zero-order valence-electron chi connectivity index (χ0n) is 16.2. The van der Waals surface area contributed by atoms with E-state index < -0.39 is 0 Å². The number of imidazole rings is 1. The lowest BCUT2D eigenvalue weighted by Gasteiger charge is -2.05. The second kappa shape index (κ2) is 9.23. The standard InChI is InChI=1S/C22H19BrN4O2S/c1-15-25-19(14-30-15)13-29-20-4-2-3-16(9-20)5-8-22(28)24-10-18-12-27-11-17(23)6-7-21(27)26-18/h2-9,11-12,14H,10,13H2,1H3,(H,24,28)/b8-5+. The molecular weight excluding hydrogens is 464 g/mol. The number of rotatable bonds is 7. The van der Waals surface area contributed by atoms with E-state index in [1.165, 1.54) is 6.08 Å². The molecular formula is C22H19BrN4O2S. The highest BCUT2D eigenvalue weighted by atomic mass is 79.9. The third kappa shape index (κ3) is 5.34. The van der Waals surface area contributed by atoms with Gasteiger partial charge in [0, 0.05) is 28.3 Å². The molecule has 0 unspecified atom stereocenters. The molecule has 1 amide bonds. The van der Waals surface area contributed by atoms with Crippen LogP contribution in [0.4, 0.5) is 0 Å². The Morgan fingerprint density at radius 1 is 1.23 bits per heavy atom. The first-order chi connectivity index (χ1) is 14.5. The van der Waals surface area contributed by atoms with Crippen molar-refractivity contribution in [2.24, 2.45) is 0 Å². The highest BCUT2D eigenvalue weighted by molar-refractivity contribution is 9.10. The first-order valence-corrected chi connectivity index (χ1v) is 11.0. The van der Waals surface area contributed by atoms with Crippen LogP contribution in [0.25, 0.3) is 11.7 Å². The molecule has 0 aliphatic heterocycles. The van der Waals surface area contributed by atoms with Crippen LogP contribution in [0.15, 0.2) is 64.7 Å². The van der Waals surface area contributed by atoms with E-state index in [0.29, 0.717) is 13.2 Å². The number of thiazole rings is 1. The van der Waals surface area contributed by atoms with E-state index >= 15 is 0 Å². The number of halogens is 1. The zero-order valence-corrected chi connectivity index (χ0v) is 18.6. The fourth-order valence-corrected chi connectivity index (χ4v) is 3.80. The zero-order chi connectivity index (χ0) is 20.9. The third-order valence-corrected chi connectivity index (χ3v) is 5.54. The van der Waals surface area contributed by atoms with Crippen LogP contribution in [0.1, 0.15) is 22.0 Å². The third-order valence-electron chi connectivity index (χ3n) is 4.25. The predicted octanol–water partition coefficient (Wildman–Crippen LogP) is 4.77. The fourth-order valence-electron chi connectivity index (χ4n) is 2.85. The number of benzene rings is 1. The van der Waals surface area contributed by atoms with Crippen LogP contribution < -0.4 is 10.1 Å². The number of ether oxygens (including phenoxy) is 1. The quantitative estimate of drug-likeness (QED) is 0.385. The molecule has 0 spiro atoms. The highest BCUT2D eigenvalue weighted by Crippen LogP contribution is 2.17. The first kappa shape index (κ1) is 20.3. The molecule has 0 aliphatic carbocycles. The number of nitrogens with one attached hydrogen (secondary N) is 1. The number of fused-ring (bicyclic) bond motifs is 1. The van der Waals surface area contributed by atoms with Crippen molar-refractivity contribution in [1.29, 1.82) is 0 Å². The van der Waals surface area contributed by atoms with Crippen molar-refractivity contribution in [2.75, 3.05) is 0 Å². The molecule has 152 valence electrons. The minimum atomic E-state index is -0.183. The summed E-state index contributed by atoms with van der Waals surface area (Å²) in [6.07, 6.45) is 7.10. The number of amides is 1. The Labute approximate surface area is 186 Å². The number of hydrogen-bond acceptors (Lipinski definition) is 5. The summed E-state index contributed by atoms with van der Waals surface area (Å²) in [5.74, 6) is 0.552. The average molecular weight is 483 g/mol. The molecule has 0 fully saturated rings. The first-order valence-electron chi connectivity index (χ1n) is 9.28. The second-order valence-corrected chi connectivity index (χ2v) is 8.59. The van der Waals surface area contributed by atoms with Crippen LogP contribution in [0.5, 0.6) is 5.75 Å². The number of aryl methyl sites for hydroxylation is 1. The van der Waals surface area contributed by atoms with Crippen LogP contribution in [0, 0.1) is 6.92 Å². The molecule has 0 aliphatic rings. The van der Waals surface area contributed by atoms with Crippen molar-refractivity contribution in [3.8, 4) is 5.75 Å². The van der Waals surface area contributed by atoms with E-state index in [2.05, 4.69) is 31.2 Å². The Balaban J connectivity index is 1.31. The molecule has 30 heavy (non-hydrogen) atoms. The molecule has 6 nitrogen and oxygen atoms in total. The summed E-state index contributed by atoms with van der Waals surface area (Å²) in [7, 11) is 0. The van der Waals surface area contributed by atoms with Crippen molar-refractivity contribution in [1.82, 2.24) is 19.7 Å². The van der Waals surface area contributed by atoms with Crippen LogP contribution >= 0.6 is 27.3 Å². The summed E-state index contributed by atoms with van der Waals surface area (Å²) in [5.41, 5.74) is 3.43. The highest BCUT2D eigenvalue weighted by Gasteiger charge is 2.04. The summed E-state index contributed by atoms with van der Waals surface area (Å²) < 4.78 is 8.68. The van der Waals surface area contributed by atoms with E-state index in [1.807, 2.05) is 65.5 Å². The molecule has 3 heterocycles. The van der Waals surface area contributed by atoms with Gasteiger partial charge in [-0.05, 0) is 58.8 Å². The second-order valence-electron chi connectivity index (χ2n) is 6.62. The largest absolute Gasteiger partial charge is 0.487 e. The summed E-state index contributed by atoms with van der Waals surface area (Å²) in [4.78, 5) is 21.1. The number of nitrogens with zero attached hydrogens (tertiary/aromatic N) is 3. The van der Waals surface area contributed by atoms with Crippen LogP contribution in [0.3, 0.4) is 0 Å². The topological polar surface area (TPSA) is 68.5 Å². The molecule has 1 aromatic carbocycles. The summed E-state index contributed by atoms with van der Waals surface area (Å²) in [6, 6.07) is 11.4. The van der Waals surface area contributed by atoms with Crippen LogP contribution in [-0.2, 0) is 17.9 Å². The Hall–Kier alpha value is -2.97. The minimum Gasteiger partial charge on any atom is -0.487 e. The lowest BCUT2D eigenvalue weighted by molar-refractivity contribution is -0.116. The van der Waals surface area contributed by atoms with Crippen LogP contribution in [-0.4, -0.2) is 20.3 Å². The molecule has 4 aromatic rings. The number of pyridine rings is 1. The predicted molar refractivity (Wildman–Crippen MR) is 121 cm³/mol. The fraction of sp³-hybridized carbons (Fsp3) is 0.136. The molecule has 3 aromatic heterocycles. The molecule has 0 saturated heterocycles. The lowest BCUT2D eigenvalue weighted by atomic mass is 10.2. The van der Waals surface area contributed by atoms with Gasteiger partial charge in [0.1, 0.15) is 18.0 Å². The maximum Gasteiger partial charge on any atom is 0.244 e. The van der Waals surface area contributed by atoms with Gasteiger partial charge in [-0.15, -0.1) is 11.3 Å². The number of carbonyl (C=O) groups excluding carboxylic acids is 1. The Bertz CT molecular complexity index is 1210. The van der Waals surface area contributed by atoms with Gasteiger partial charge < -0.3 is 14.5 Å². The molecule has 8 heteroatoms. The van der Waals surface area contributed by atoms with Gasteiger partial charge in [-0.2, -0.15) is 0 Å². The van der Waals surface area contributed by atoms with Gasteiger partial charge in [-0.25, -0.2) is 9.97 Å². The Morgan fingerprint density at radius 2 is 2.13 bits per heavy atom. The van der Waals surface area contributed by atoms with Crippen molar-refractivity contribution in [2.45, 2.75) is 20.1 Å². The van der Waals surface area contributed by atoms with Crippen molar-refractivity contribution in [3.63, 3.8) is 0 Å². The molecule has 4 rings (SSSR count). The van der Waals surface area contributed by atoms with Crippen LogP contribution in [0.2, 0.25) is 0 Å². The van der Waals surface area contributed by atoms with Gasteiger partial charge in [0.15, 0.2) is 0 Å². The van der Waals surface area contributed by atoms with E-state index in [4.69, 9.17) is 4.74 Å². The van der Waals surface area contributed by atoms with Gasteiger partial charge in [-0.3, -0.25) is 4.79 Å². The van der Waals surface area contributed by atoms with Gasteiger partial charge in [0.25, 0.3) is 0 Å². The molecule has 0 radical (unpaired) electrons. The maximum atomic E-state index is 12.2. The SMILES string of the molecule is Cc1nc(COc2cccc(/C=C/C(=O)NCc3cn4cc(Br)ccc4n3)c2)cs1. The number of aromatic nitrogens is 3. The summed E-state index contributed by atoms with van der Waals surface area (Å²) >= 11 is 5.04.